The number of pyridine rings is 1. The molecule has 0 bridgehead atoms. The zero-order valence-corrected chi connectivity index (χ0v) is 13.5. The Labute approximate surface area is 132 Å². The highest BCUT2D eigenvalue weighted by Gasteiger charge is 2.18. The van der Waals surface area contributed by atoms with Crippen molar-refractivity contribution >= 4 is 16.7 Å². The molecule has 22 heavy (non-hydrogen) atoms. The molecule has 0 radical (unpaired) electrons. The van der Waals surface area contributed by atoms with E-state index in [2.05, 4.69) is 24.0 Å². The van der Waals surface area contributed by atoms with Gasteiger partial charge in [0.05, 0.1) is 12.6 Å². The Balaban J connectivity index is 2.07. The molecule has 1 atom stereocenters. The van der Waals surface area contributed by atoms with Crippen molar-refractivity contribution in [3.63, 3.8) is 0 Å². The van der Waals surface area contributed by atoms with Crippen molar-refractivity contribution in [2.75, 3.05) is 25.1 Å². The molecule has 118 valence electrons. The maximum atomic E-state index is 6.05. The lowest BCUT2D eigenvalue weighted by molar-refractivity contribution is 0.415. The zero-order chi connectivity index (χ0) is 15.5. The summed E-state index contributed by atoms with van der Waals surface area (Å²) in [6, 6.07) is 8.46. The Morgan fingerprint density at radius 1 is 1.23 bits per heavy atom. The largest absolute Gasteiger partial charge is 0.497 e. The van der Waals surface area contributed by atoms with Crippen LogP contribution in [0.3, 0.4) is 0 Å². The Hall–Kier alpha value is -1.81. The van der Waals surface area contributed by atoms with Crippen molar-refractivity contribution in [3.8, 4) is 5.75 Å². The summed E-state index contributed by atoms with van der Waals surface area (Å²) < 4.78 is 5.33. The fourth-order valence-corrected chi connectivity index (χ4v) is 3.18. The first-order valence-corrected chi connectivity index (χ1v) is 8.15. The van der Waals surface area contributed by atoms with Crippen LogP contribution in [0.4, 0.5) is 5.82 Å². The topological polar surface area (TPSA) is 51.4 Å². The van der Waals surface area contributed by atoms with Gasteiger partial charge in [0.15, 0.2) is 0 Å². The van der Waals surface area contributed by atoms with Gasteiger partial charge >= 0.3 is 0 Å². The van der Waals surface area contributed by atoms with Crippen LogP contribution in [0.2, 0.25) is 0 Å². The number of piperidine rings is 1. The third-order valence-corrected chi connectivity index (χ3v) is 4.28. The molecule has 2 N–H and O–H groups in total. The van der Waals surface area contributed by atoms with Crippen LogP contribution in [0.5, 0.6) is 5.75 Å². The van der Waals surface area contributed by atoms with Crippen molar-refractivity contribution < 1.29 is 4.74 Å². The standard InChI is InChI=1S/C18H25N3O/c1-13(19)10-15-11-14-6-7-16(22-2)12-17(14)20-18(15)21-8-4-3-5-9-21/h6-7,11-13H,3-5,8-10,19H2,1-2H3. The molecule has 1 aliphatic heterocycles. The van der Waals surface area contributed by atoms with E-state index in [1.165, 1.54) is 24.8 Å². The first kappa shape index (κ1) is 15.1. The number of hydrogen-bond donors (Lipinski definition) is 1. The van der Waals surface area contributed by atoms with Crippen molar-refractivity contribution in [2.45, 2.75) is 38.6 Å². The fraction of sp³-hybridized carbons (Fsp3) is 0.500. The molecule has 1 aromatic carbocycles. The quantitative estimate of drug-likeness (QED) is 0.942. The monoisotopic (exact) mass is 299 g/mol. The molecule has 1 aliphatic rings. The highest BCUT2D eigenvalue weighted by molar-refractivity contribution is 5.83. The normalized spacial score (nSPS) is 16.8. The number of fused-ring (bicyclic) bond motifs is 1. The van der Waals surface area contributed by atoms with Crippen molar-refractivity contribution in [3.05, 3.63) is 29.8 Å². The van der Waals surface area contributed by atoms with Gasteiger partial charge in [0, 0.05) is 30.6 Å². The average molecular weight is 299 g/mol. The minimum absolute atomic E-state index is 0.140. The Kier molecular flexibility index (Phi) is 4.48. The summed E-state index contributed by atoms with van der Waals surface area (Å²) in [4.78, 5) is 7.37. The van der Waals surface area contributed by atoms with Gasteiger partial charge < -0.3 is 15.4 Å². The Bertz CT molecular complexity index is 648. The Morgan fingerprint density at radius 3 is 2.68 bits per heavy atom. The average Bonchev–Trinajstić information content (AvgIpc) is 2.54. The van der Waals surface area contributed by atoms with Crippen molar-refractivity contribution in [2.24, 2.45) is 5.73 Å². The molecule has 2 aromatic rings. The molecule has 0 spiro atoms. The van der Waals surface area contributed by atoms with Crippen molar-refractivity contribution in [1.82, 2.24) is 4.98 Å². The summed E-state index contributed by atoms with van der Waals surface area (Å²) in [5.74, 6) is 1.96. The van der Waals surface area contributed by atoms with E-state index < -0.39 is 0 Å². The third-order valence-electron chi connectivity index (χ3n) is 4.28. The number of anilines is 1. The summed E-state index contributed by atoms with van der Waals surface area (Å²) in [5, 5.41) is 1.15. The van der Waals surface area contributed by atoms with Gasteiger partial charge in [-0.25, -0.2) is 4.98 Å². The van der Waals surface area contributed by atoms with Crippen LogP contribution in [0, 0.1) is 0 Å². The molecule has 1 saturated heterocycles. The minimum atomic E-state index is 0.140. The summed E-state index contributed by atoms with van der Waals surface area (Å²) >= 11 is 0. The van der Waals surface area contributed by atoms with Crippen LogP contribution < -0.4 is 15.4 Å². The van der Waals surface area contributed by atoms with Crippen LogP contribution >= 0.6 is 0 Å². The minimum Gasteiger partial charge on any atom is -0.497 e. The lowest BCUT2D eigenvalue weighted by Crippen LogP contribution is -2.32. The van der Waals surface area contributed by atoms with Gasteiger partial charge in [-0.3, -0.25) is 0 Å². The Morgan fingerprint density at radius 2 is 2.00 bits per heavy atom. The molecule has 0 saturated carbocycles. The molecule has 0 aliphatic carbocycles. The summed E-state index contributed by atoms with van der Waals surface area (Å²) in [7, 11) is 1.69. The number of rotatable bonds is 4. The summed E-state index contributed by atoms with van der Waals surface area (Å²) in [5.41, 5.74) is 8.30. The van der Waals surface area contributed by atoms with Gasteiger partial charge in [0.2, 0.25) is 0 Å². The van der Waals surface area contributed by atoms with Gasteiger partial charge in [-0.1, -0.05) is 0 Å². The molecule has 1 aromatic heterocycles. The molecule has 1 fully saturated rings. The van der Waals surface area contributed by atoms with Gasteiger partial charge in [-0.2, -0.15) is 0 Å². The van der Waals surface area contributed by atoms with E-state index >= 15 is 0 Å². The number of nitrogens with zero attached hydrogens (tertiary/aromatic N) is 2. The second-order valence-corrected chi connectivity index (χ2v) is 6.26. The van der Waals surface area contributed by atoms with Gasteiger partial charge in [0.25, 0.3) is 0 Å². The first-order chi connectivity index (χ1) is 10.7. The number of aromatic nitrogens is 1. The van der Waals surface area contributed by atoms with E-state index in [-0.39, 0.29) is 6.04 Å². The molecule has 0 amide bonds. The highest BCUT2D eigenvalue weighted by atomic mass is 16.5. The lowest BCUT2D eigenvalue weighted by Gasteiger charge is -2.30. The molecule has 4 nitrogen and oxygen atoms in total. The smallest absolute Gasteiger partial charge is 0.132 e. The molecular weight excluding hydrogens is 274 g/mol. The van der Waals surface area contributed by atoms with Gasteiger partial charge in [-0.15, -0.1) is 0 Å². The van der Waals surface area contributed by atoms with Crippen LogP contribution in [-0.2, 0) is 6.42 Å². The molecule has 2 heterocycles. The highest BCUT2D eigenvalue weighted by Crippen LogP contribution is 2.28. The molecule has 3 rings (SSSR count). The predicted molar refractivity (Wildman–Crippen MR) is 91.7 cm³/mol. The summed E-state index contributed by atoms with van der Waals surface area (Å²) in [6.07, 6.45) is 4.67. The maximum absolute atomic E-state index is 6.05. The van der Waals surface area contributed by atoms with Crippen molar-refractivity contribution in [1.29, 1.82) is 0 Å². The third kappa shape index (κ3) is 3.17. The van der Waals surface area contributed by atoms with Crippen LogP contribution in [0.15, 0.2) is 24.3 Å². The predicted octanol–water partition coefficient (Wildman–Crippen LogP) is 3.12. The van der Waals surface area contributed by atoms with Crippen LogP contribution in [0.1, 0.15) is 31.7 Å². The van der Waals surface area contributed by atoms with E-state index in [1.807, 2.05) is 12.1 Å². The van der Waals surface area contributed by atoms with E-state index in [4.69, 9.17) is 15.5 Å². The number of hydrogen-bond acceptors (Lipinski definition) is 4. The SMILES string of the molecule is COc1ccc2cc(CC(C)N)c(N3CCCCC3)nc2c1. The number of nitrogens with two attached hydrogens (primary N) is 1. The molecular formula is C18H25N3O. The summed E-state index contributed by atoms with van der Waals surface area (Å²) in [6.45, 7) is 4.24. The van der Waals surface area contributed by atoms with E-state index in [0.717, 1.165) is 42.0 Å². The number of methoxy groups -OCH3 is 1. The van der Waals surface area contributed by atoms with E-state index in [0.29, 0.717) is 0 Å². The second kappa shape index (κ2) is 6.53. The van der Waals surface area contributed by atoms with E-state index in [9.17, 15) is 0 Å². The number of benzene rings is 1. The fourth-order valence-electron chi connectivity index (χ4n) is 3.18. The van der Waals surface area contributed by atoms with Crippen LogP contribution in [-0.4, -0.2) is 31.2 Å². The maximum Gasteiger partial charge on any atom is 0.132 e. The van der Waals surface area contributed by atoms with Gasteiger partial charge in [0.1, 0.15) is 11.6 Å². The molecule has 4 heteroatoms. The van der Waals surface area contributed by atoms with Gasteiger partial charge in [-0.05, 0) is 56.4 Å². The first-order valence-electron chi connectivity index (χ1n) is 8.15. The number of ether oxygens (including phenoxy) is 1. The van der Waals surface area contributed by atoms with Crippen LogP contribution in [0.25, 0.3) is 10.9 Å². The zero-order valence-electron chi connectivity index (χ0n) is 13.5. The lowest BCUT2D eigenvalue weighted by atomic mass is 10.0. The van der Waals surface area contributed by atoms with E-state index in [1.54, 1.807) is 7.11 Å². The second-order valence-electron chi connectivity index (χ2n) is 6.26. The molecule has 1 unspecified atom stereocenters.